The van der Waals surface area contributed by atoms with Crippen LogP contribution < -0.4 is 5.73 Å². The highest BCUT2D eigenvalue weighted by atomic mass is 16.3. The van der Waals surface area contributed by atoms with Gasteiger partial charge < -0.3 is 10.8 Å². The molecule has 0 aliphatic heterocycles. The van der Waals surface area contributed by atoms with Gasteiger partial charge in [-0.3, -0.25) is 0 Å². The van der Waals surface area contributed by atoms with Crippen molar-refractivity contribution in [2.75, 3.05) is 0 Å². The molecular weight excluding hydrogens is 102 g/mol. The summed E-state index contributed by atoms with van der Waals surface area (Å²) >= 11 is 0. The Labute approximate surface area is 50.7 Å². The lowest BCUT2D eigenvalue weighted by molar-refractivity contribution is 0.0396. The third-order valence-corrected chi connectivity index (χ3v) is 1.12. The third kappa shape index (κ3) is 2.99. The first kappa shape index (κ1) is 7.92. The van der Waals surface area contributed by atoms with Crippen LogP contribution in [0.2, 0.25) is 0 Å². The van der Waals surface area contributed by atoms with Crippen molar-refractivity contribution >= 4 is 0 Å². The monoisotopic (exact) mass is 116 g/mol. The normalized spacial score (nSPS) is 18.0. The van der Waals surface area contributed by atoms with Crippen LogP contribution in [0, 0.1) is 6.92 Å². The summed E-state index contributed by atoms with van der Waals surface area (Å²) in [4.78, 5) is 0. The summed E-state index contributed by atoms with van der Waals surface area (Å²) in [7, 11) is 0. The van der Waals surface area contributed by atoms with Gasteiger partial charge in [0.05, 0.1) is 0 Å². The Hall–Kier alpha value is -0.0800. The standard InChI is InChI=1S/C6H14NO/c1-3-5-6(7,8)4-2/h8H,2-5,7H2,1H3. The van der Waals surface area contributed by atoms with Crippen LogP contribution in [0.15, 0.2) is 0 Å². The molecule has 1 radical (unpaired) electrons. The smallest absolute Gasteiger partial charge is 0.113 e. The molecule has 8 heavy (non-hydrogen) atoms. The van der Waals surface area contributed by atoms with E-state index in [9.17, 15) is 0 Å². The summed E-state index contributed by atoms with van der Waals surface area (Å²) in [6.07, 6.45) is 1.93. The average molecular weight is 116 g/mol. The van der Waals surface area contributed by atoms with Gasteiger partial charge in [0, 0.05) is 0 Å². The van der Waals surface area contributed by atoms with Crippen LogP contribution >= 0.6 is 0 Å². The van der Waals surface area contributed by atoms with Gasteiger partial charge in [-0.05, 0) is 19.8 Å². The molecule has 1 unspecified atom stereocenters. The lowest BCUT2D eigenvalue weighted by Gasteiger charge is -2.19. The van der Waals surface area contributed by atoms with Crippen molar-refractivity contribution < 1.29 is 5.11 Å². The van der Waals surface area contributed by atoms with Crippen molar-refractivity contribution in [2.45, 2.75) is 31.9 Å². The van der Waals surface area contributed by atoms with Gasteiger partial charge in [0.25, 0.3) is 0 Å². The maximum Gasteiger partial charge on any atom is 0.113 e. The summed E-state index contributed by atoms with van der Waals surface area (Å²) in [5, 5.41) is 9.04. The van der Waals surface area contributed by atoms with Crippen LogP contribution in [-0.2, 0) is 0 Å². The first-order chi connectivity index (χ1) is 3.62. The fourth-order valence-electron chi connectivity index (χ4n) is 0.558. The molecule has 0 rings (SSSR count). The van der Waals surface area contributed by atoms with Gasteiger partial charge in [-0.2, -0.15) is 0 Å². The molecule has 0 aliphatic rings. The molecule has 0 fully saturated rings. The van der Waals surface area contributed by atoms with E-state index in [0.717, 1.165) is 6.42 Å². The molecule has 0 aromatic carbocycles. The Bertz CT molecular complexity index is 61.5. The second-order valence-electron chi connectivity index (χ2n) is 2.10. The quantitative estimate of drug-likeness (QED) is 0.532. The van der Waals surface area contributed by atoms with Gasteiger partial charge in [-0.15, -0.1) is 0 Å². The number of nitrogens with two attached hydrogens (primary N) is 1. The third-order valence-electron chi connectivity index (χ3n) is 1.12. The largest absolute Gasteiger partial charge is 0.376 e. The number of hydrogen-bond acceptors (Lipinski definition) is 2. The summed E-state index contributed by atoms with van der Waals surface area (Å²) in [5.41, 5.74) is 4.30. The average Bonchev–Trinajstić information content (AvgIpc) is 1.67. The molecule has 0 saturated carbocycles. The molecule has 0 aromatic heterocycles. The van der Waals surface area contributed by atoms with E-state index < -0.39 is 5.72 Å². The number of rotatable bonds is 3. The molecule has 0 aromatic rings. The Balaban J connectivity index is 3.37. The second kappa shape index (κ2) is 3.05. The van der Waals surface area contributed by atoms with Crippen molar-refractivity contribution in [3.05, 3.63) is 6.92 Å². The zero-order chi connectivity index (χ0) is 6.62. The van der Waals surface area contributed by atoms with Crippen molar-refractivity contribution in [1.82, 2.24) is 0 Å². The Morgan fingerprint density at radius 3 is 2.38 bits per heavy atom. The first-order valence-electron chi connectivity index (χ1n) is 2.93. The highest BCUT2D eigenvalue weighted by Gasteiger charge is 2.15. The molecule has 0 amide bonds. The molecule has 0 heterocycles. The molecule has 49 valence electrons. The topological polar surface area (TPSA) is 46.2 Å². The van der Waals surface area contributed by atoms with E-state index >= 15 is 0 Å². The van der Waals surface area contributed by atoms with E-state index in [1.54, 1.807) is 0 Å². The lowest BCUT2D eigenvalue weighted by Crippen LogP contribution is -2.38. The summed E-state index contributed by atoms with van der Waals surface area (Å²) < 4.78 is 0. The van der Waals surface area contributed by atoms with Crippen LogP contribution in [0.3, 0.4) is 0 Å². The van der Waals surface area contributed by atoms with Crippen molar-refractivity contribution in [2.24, 2.45) is 5.73 Å². The van der Waals surface area contributed by atoms with Crippen LogP contribution in [0.25, 0.3) is 0 Å². The molecule has 0 aliphatic carbocycles. The zero-order valence-corrected chi connectivity index (χ0v) is 5.35. The van der Waals surface area contributed by atoms with Crippen LogP contribution in [0.5, 0.6) is 0 Å². The Morgan fingerprint density at radius 1 is 1.75 bits per heavy atom. The van der Waals surface area contributed by atoms with E-state index in [0.29, 0.717) is 12.8 Å². The van der Waals surface area contributed by atoms with Gasteiger partial charge in [0.15, 0.2) is 0 Å². The van der Waals surface area contributed by atoms with Crippen molar-refractivity contribution in [3.63, 3.8) is 0 Å². The predicted octanol–water partition coefficient (Wildman–Crippen LogP) is 0.658. The van der Waals surface area contributed by atoms with E-state index in [1.165, 1.54) is 0 Å². The Kier molecular flexibility index (Phi) is 3.02. The summed E-state index contributed by atoms with van der Waals surface area (Å²) in [6, 6.07) is 0. The maximum absolute atomic E-state index is 9.04. The van der Waals surface area contributed by atoms with E-state index in [-0.39, 0.29) is 0 Å². The molecule has 1 atom stereocenters. The lowest BCUT2D eigenvalue weighted by atomic mass is 10.1. The van der Waals surface area contributed by atoms with Crippen molar-refractivity contribution in [1.29, 1.82) is 0 Å². The van der Waals surface area contributed by atoms with Gasteiger partial charge in [-0.25, -0.2) is 0 Å². The number of aliphatic hydroxyl groups is 1. The molecule has 0 spiro atoms. The number of hydrogen-bond donors (Lipinski definition) is 2. The van der Waals surface area contributed by atoms with Crippen LogP contribution in [0.4, 0.5) is 0 Å². The van der Waals surface area contributed by atoms with Gasteiger partial charge in [-0.1, -0.05) is 13.3 Å². The molecule has 2 nitrogen and oxygen atoms in total. The Morgan fingerprint density at radius 2 is 2.25 bits per heavy atom. The van der Waals surface area contributed by atoms with Gasteiger partial charge in [0.1, 0.15) is 5.72 Å². The van der Waals surface area contributed by atoms with Crippen LogP contribution in [0.1, 0.15) is 26.2 Å². The zero-order valence-electron chi connectivity index (χ0n) is 5.35. The molecule has 0 saturated heterocycles. The van der Waals surface area contributed by atoms with E-state index in [4.69, 9.17) is 10.8 Å². The molecule has 3 N–H and O–H groups in total. The van der Waals surface area contributed by atoms with Crippen LogP contribution in [-0.4, -0.2) is 10.8 Å². The fourth-order valence-corrected chi connectivity index (χ4v) is 0.558. The summed E-state index contributed by atoms with van der Waals surface area (Å²) in [5.74, 6) is 0. The minimum Gasteiger partial charge on any atom is -0.376 e. The highest BCUT2D eigenvalue weighted by molar-refractivity contribution is 4.69. The second-order valence-corrected chi connectivity index (χ2v) is 2.10. The van der Waals surface area contributed by atoms with E-state index in [1.807, 2.05) is 6.92 Å². The molecule has 0 bridgehead atoms. The minimum atomic E-state index is -1.02. The van der Waals surface area contributed by atoms with Gasteiger partial charge in [0.2, 0.25) is 0 Å². The van der Waals surface area contributed by atoms with E-state index in [2.05, 4.69) is 6.92 Å². The highest BCUT2D eigenvalue weighted by Crippen LogP contribution is 2.07. The molecular formula is C6H14NO. The minimum absolute atomic E-state index is 0.390. The predicted molar refractivity (Wildman–Crippen MR) is 34.0 cm³/mol. The summed E-state index contributed by atoms with van der Waals surface area (Å²) in [6.45, 7) is 5.48. The first-order valence-corrected chi connectivity index (χ1v) is 2.93. The fraction of sp³-hybridized carbons (Fsp3) is 0.833. The van der Waals surface area contributed by atoms with Crippen molar-refractivity contribution in [3.8, 4) is 0 Å². The molecule has 2 heteroatoms. The maximum atomic E-state index is 9.04. The van der Waals surface area contributed by atoms with Gasteiger partial charge >= 0.3 is 0 Å². The SMILES string of the molecule is [CH2]CC(N)(O)CCC.